The summed E-state index contributed by atoms with van der Waals surface area (Å²) in [6.07, 6.45) is -1.57. The van der Waals surface area contributed by atoms with Crippen molar-refractivity contribution in [1.82, 2.24) is 19.4 Å². The molecule has 3 aromatic rings. The average molecular weight is 433 g/mol. The SMILES string of the molecule is COCc1nc2cccnc2n1C1CCN(C(=O)Nc2ccccc2C(F)(F)F)CC1. The van der Waals surface area contributed by atoms with Gasteiger partial charge in [0.15, 0.2) is 5.65 Å². The first kappa shape index (κ1) is 21.1. The predicted octanol–water partition coefficient (Wildman–Crippen LogP) is 4.47. The number of alkyl halides is 3. The predicted molar refractivity (Wildman–Crippen MR) is 109 cm³/mol. The van der Waals surface area contributed by atoms with Gasteiger partial charge in [-0.25, -0.2) is 14.8 Å². The summed E-state index contributed by atoms with van der Waals surface area (Å²) in [6, 6.07) is 8.21. The molecule has 7 nitrogen and oxygen atoms in total. The van der Waals surface area contributed by atoms with Gasteiger partial charge in [-0.05, 0) is 37.1 Å². The zero-order valence-corrected chi connectivity index (χ0v) is 16.9. The van der Waals surface area contributed by atoms with Crippen molar-refractivity contribution in [3.63, 3.8) is 0 Å². The van der Waals surface area contributed by atoms with Crippen LogP contribution in [0.5, 0.6) is 0 Å². The van der Waals surface area contributed by atoms with Gasteiger partial charge in [0.2, 0.25) is 0 Å². The van der Waals surface area contributed by atoms with Crippen LogP contribution in [0.4, 0.5) is 23.7 Å². The summed E-state index contributed by atoms with van der Waals surface area (Å²) in [6.45, 7) is 1.15. The molecule has 4 rings (SSSR count). The topological polar surface area (TPSA) is 72.3 Å². The Hall–Kier alpha value is -3.14. The second kappa shape index (κ2) is 8.54. The van der Waals surface area contributed by atoms with E-state index in [0.717, 1.165) is 23.1 Å². The number of likely N-dealkylation sites (tertiary alicyclic amines) is 1. The molecule has 0 bridgehead atoms. The summed E-state index contributed by atoms with van der Waals surface area (Å²) in [7, 11) is 1.60. The molecule has 2 aromatic heterocycles. The van der Waals surface area contributed by atoms with E-state index in [1.54, 1.807) is 13.3 Å². The third-order valence-electron chi connectivity index (χ3n) is 5.39. The second-order valence-corrected chi connectivity index (χ2v) is 7.37. The van der Waals surface area contributed by atoms with E-state index in [-0.39, 0.29) is 11.7 Å². The lowest BCUT2D eigenvalue weighted by molar-refractivity contribution is -0.136. The number of para-hydroxylation sites is 1. The number of nitrogens with zero attached hydrogens (tertiary/aromatic N) is 4. The monoisotopic (exact) mass is 433 g/mol. The molecule has 1 N–H and O–H groups in total. The van der Waals surface area contributed by atoms with Crippen LogP contribution in [0, 0.1) is 0 Å². The highest BCUT2D eigenvalue weighted by Gasteiger charge is 2.34. The first-order chi connectivity index (χ1) is 14.9. The fourth-order valence-corrected chi connectivity index (χ4v) is 3.95. The minimum Gasteiger partial charge on any atom is -0.377 e. The van der Waals surface area contributed by atoms with Gasteiger partial charge in [-0.3, -0.25) is 0 Å². The number of methoxy groups -OCH3 is 1. The van der Waals surface area contributed by atoms with E-state index in [1.807, 2.05) is 16.7 Å². The highest BCUT2D eigenvalue weighted by atomic mass is 19.4. The van der Waals surface area contributed by atoms with E-state index >= 15 is 0 Å². The number of hydrogen-bond acceptors (Lipinski definition) is 4. The van der Waals surface area contributed by atoms with Gasteiger partial charge in [0.05, 0.1) is 11.3 Å². The Bertz CT molecular complexity index is 1070. The van der Waals surface area contributed by atoms with Crippen LogP contribution >= 0.6 is 0 Å². The summed E-state index contributed by atoms with van der Waals surface area (Å²) in [4.78, 5) is 23.2. The second-order valence-electron chi connectivity index (χ2n) is 7.37. The van der Waals surface area contributed by atoms with Crippen LogP contribution in [0.3, 0.4) is 0 Å². The lowest BCUT2D eigenvalue weighted by atomic mass is 10.0. The zero-order valence-electron chi connectivity index (χ0n) is 16.9. The summed E-state index contributed by atoms with van der Waals surface area (Å²) >= 11 is 0. The van der Waals surface area contributed by atoms with Crippen molar-refractivity contribution in [2.45, 2.75) is 31.7 Å². The lowest BCUT2D eigenvalue weighted by Gasteiger charge is -2.33. The van der Waals surface area contributed by atoms with Crippen molar-refractivity contribution in [1.29, 1.82) is 0 Å². The molecule has 0 unspecified atom stereocenters. The molecule has 0 aliphatic carbocycles. The van der Waals surface area contributed by atoms with Crippen LogP contribution in [-0.4, -0.2) is 45.7 Å². The number of halogens is 3. The number of amides is 2. The molecule has 1 aromatic carbocycles. The number of ether oxygens (including phenoxy) is 1. The molecular weight excluding hydrogens is 411 g/mol. The molecule has 10 heteroatoms. The van der Waals surface area contributed by atoms with Gasteiger partial charge in [-0.15, -0.1) is 0 Å². The van der Waals surface area contributed by atoms with E-state index in [4.69, 9.17) is 4.74 Å². The third kappa shape index (κ3) is 4.34. The molecule has 0 radical (unpaired) electrons. The smallest absolute Gasteiger partial charge is 0.377 e. The molecule has 1 fully saturated rings. The Morgan fingerprint density at radius 3 is 2.65 bits per heavy atom. The van der Waals surface area contributed by atoms with Crippen molar-refractivity contribution >= 4 is 22.9 Å². The fraction of sp³-hybridized carbons (Fsp3) is 0.381. The zero-order chi connectivity index (χ0) is 22.0. The Morgan fingerprint density at radius 2 is 1.94 bits per heavy atom. The van der Waals surface area contributed by atoms with Gasteiger partial charge < -0.3 is 19.5 Å². The number of carbonyl (C=O) groups excluding carboxylic acids is 1. The lowest BCUT2D eigenvalue weighted by Crippen LogP contribution is -2.42. The summed E-state index contributed by atoms with van der Waals surface area (Å²) in [5.74, 6) is 0.762. The quantitative estimate of drug-likeness (QED) is 0.659. The van der Waals surface area contributed by atoms with Gasteiger partial charge in [0.1, 0.15) is 17.9 Å². The third-order valence-corrected chi connectivity index (χ3v) is 5.39. The number of carbonyl (C=O) groups is 1. The van der Waals surface area contributed by atoms with Crippen molar-refractivity contribution in [3.05, 3.63) is 54.0 Å². The van der Waals surface area contributed by atoms with Crippen LogP contribution in [-0.2, 0) is 17.5 Å². The van der Waals surface area contributed by atoms with Crippen molar-refractivity contribution < 1.29 is 22.7 Å². The van der Waals surface area contributed by atoms with Crippen molar-refractivity contribution in [2.24, 2.45) is 0 Å². The Balaban J connectivity index is 1.47. The largest absolute Gasteiger partial charge is 0.418 e. The number of nitrogens with one attached hydrogen (secondary N) is 1. The molecule has 164 valence electrons. The number of piperidine rings is 1. The minimum absolute atomic E-state index is 0.0663. The maximum Gasteiger partial charge on any atom is 0.418 e. The number of pyridine rings is 1. The molecular formula is C21H22F3N5O2. The van der Waals surface area contributed by atoms with Gasteiger partial charge in [-0.1, -0.05) is 12.1 Å². The molecule has 31 heavy (non-hydrogen) atoms. The number of hydrogen-bond donors (Lipinski definition) is 1. The molecule has 0 spiro atoms. The normalized spacial score (nSPS) is 15.4. The summed E-state index contributed by atoms with van der Waals surface area (Å²) < 4.78 is 46.9. The maximum atomic E-state index is 13.2. The fourth-order valence-electron chi connectivity index (χ4n) is 3.95. The molecule has 1 aliphatic rings. The molecule has 2 amide bonds. The van der Waals surface area contributed by atoms with E-state index < -0.39 is 17.8 Å². The highest BCUT2D eigenvalue weighted by Crippen LogP contribution is 2.35. The number of rotatable bonds is 4. The van der Waals surface area contributed by atoms with Gasteiger partial charge in [-0.2, -0.15) is 13.2 Å². The van der Waals surface area contributed by atoms with Gasteiger partial charge in [0.25, 0.3) is 0 Å². The van der Waals surface area contributed by atoms with E-state index in [1.165, 1.54) is 23.1 Å². The molecule has 0 atom stereocenters. The van der Waals surface area contributed by atoms with Crippen LogP contribution in [0.15, 0.2) is 42.6 Å². The van der Waals surface area contributed by atoms with Crippen LogP contribution in [0.25, 0.3) is 11.2 Å². The van der Waals surface area contributed by atoms with E-state index in [0.29, 0.717) is 32.5 Å². The first-order valence-corrected chi connectivity index (χ1v) is 9.91. The van der Waals surface area contributed by atoms with Gasteiger partial charge in [0, 0.05) is 32.4 Å². The molecule has 0 saturated carbocycles. The Kier molecular flexibility index (Phi) is 5.81. The maximum absolute atomic E-state index is 13.2. The van der Waals surface area contributed by atoms with Crippen molar-refractivity contribution in [3.8, 4) is 0 Å². The minimum atomic E-state index is -4.54. The highest BCUT2D eigenvalue weighted by molar-refractivity contribution is 5.90. The number of anilines is 1. The van der Waals surface area contributed by atoms with Crippen LogP contribution < -0.4 is 5.32 Å². The number of benzene rings is 1. The Morgan fingerprint density at radius 1 is 1.19 bits per heavy atom. The van der Waals surface area contributed by atoms with Crippen molar-refractivity contribution in [2.75, 3.05) is 25.5 Å². The van der Waals surface area contributed by atoms with Gasteiger partial charge >= 0.3 is 12.2 Å². The number of aromatic nitrogens is 3. The molecule has 3 heterocycles. The molecule has 1 saturated heterocycles. The van der Waals surface area contributed by atoms with Crippen LogP contribution in [0.2, 0.25) is 0 Å². The molecule has 1 aliphatic heterocycles. The summed E-state index contributed by atoms with van der Waals surface area (Å²) in [5, 5.41) is 2.41. The Labute approximate surface area is 176 Å². The number of imidazole rings is 1. The van der Waals surface area contributed by atoms with E-state index in [9.17, 15) is 18.0 Å². The number of urea groups is 1. The summed E-state index contributed by atoms with van der Waals surface area (Å²) in [5.41, 5.74) is 0.433. The average Bonchev–Trinajstić information content (AvgIpc) is 3.11. The van der Waals surface area contributed by atoms with Crippen LogP contribution in [0.1, 0.15) is 30.3 Å². The standard InChI is InChI=1S/C21H22F3N5O2/c1-31-13-18-26-17-7-4-10-25-19(17)29(18)14-8-11-28(12-9-14)20(30)27-16-6-3-2-5-15(16)21(22,23)24/h2-7,10,14H,8-9,11-13H2,1H3,(H,27,30). The first-order valence-electron chi connectivity index (χ1n) is 9.91. The number of fused-ring (bicyclic) bond motifs is 1. The van der Waals surface area contributed by atoms with E-state index in [2.05, 4.69) is 15.3 Å².